The first-order valence-electron chi connectivity index (χ1n) is 6.47. The molecule has 94 valence electrons. The van der Waals surface area contributed by atoms with Gasteiger partial charge in [-0.05, 0) is 35.2 Å². The highest BCUT2D eigenvalue weighted by Gasteiger charge is 2.27. The first-order valence-corrected chi connectivity index (χ1v) is 6.91. The Balaban J connectivity index is 2.11. The van der Waals surface area contributed by atoms with E-state index in [4.69, 9.17) is 16.3 Å². The van der Waals surface area contributed by atoms with Crippen molar-refractivity contribution in [2.24, 2.45) is 5.92 Å². The number of ether oxygens (including phenoxy) is 1. The van der Waals surface area contributed by atoms with Crippen LogP contribution in [0.5, 0.6) is 0 Å². The molecule has 1 saturated heterocycles. The van der Waals surface area contributed by atoms with Gasteiger partial charge < -0.3 is 4.74 Å². The van der Waals surface area contributed by atoms with Crippen LogP contribution in [0.15, 0.2) is 36.4 Å². The lowest BCUT2D eigenvalue weighted by Crippen LogP contribution is -2.09. The molecule has 0 bridgehead atoms. The molecule has 0 aromatic heterocycles. The molecule has 1 aliphatic heterocycles. The minimum absolute atomic E-state index is 0.0543. The van der Waals surface area contributed by atoms with Gasteiger partial charge in [-0.3, -0.25) is 0 Å². The molecule has 2 unspecified atom stereocenters. The van der Waals surface area contributed by atoms with Crippen LogP contribution in [0.25, 0.3) is 10.8 Å². The molecule has 0 radical (unpaired) electrons. The predicted octanol–water partition coefficient (Wildman–Crippen LogP) is 4.46. The van der Waals surface area contributed by atoms with E-state index in [2.05, 4.69) is 43.3 Å². The summed E-state index contributed by atoms with van der Waals surface area (Å²) < 4.78 is 5.47. The van der Waals surface area contributed by atoms with Crippen molar-refractivity contribution < 1.29 is 4.74 Å². The third-order valence-electron chi connectivity index (χ3n) is 3.84. The van der Waals surface area contributed by atoms with Crippen molar-refractivity contribution in [3.05, 3.63) is 47.5 Å². The monoisotopic (exact) mass is 260 g/mol. The number of hydrogen-bond donors (Lipinski definition) is 0. The smallest absolute Gasteiger partial charge is 0.0644 e. The normalized spacial score (nSPS) is 21.3. The Labute approximate surface area is 113 Å². The molecule has 0 amide bonds. The fourth-order valence-corrected chi connectivity index (χ4v) is 3.28. The zero-order valence-corrected chi connectivity index (χ0v) is 11.3. The Hall–Kier alpha value is -1.05. The minimum Gasteiger partial charge on any atom is -0.381 e. The molecule has 0 aliphatic carbocycles. The van der Waals surface area contributed by atoms with E-state index >= 15 is 0 Å². The van der Waals surface area contributed by atoms with E-state index in [1.54, 1.807) is 0 Å². The average Bonchev–Trinajstić information content (AvgIpc) is 2.92. The molecule has 18 heavy (non-hydrogen) atoms. The van der Waals surface area contributed by atoms with Gasteiger partial charge in [-0.25, -0.2) is 0 Å². The van der Waals surface area contributed by atoms with Crippen LogP contribution in [0.1, 0.15) is 22.9 Å². The second-order valence-corrected chi connectivity index (χ2v) is 5.51. The van der Waals surface area contributed by atoms with Crippen molar-refractivity contribution in [3.8, 4) is 0 Å². The summed E-state index contributed by atoms with van der Waals surface area (Å²) in [7, 11) is 0. The summed E-state index contributed by atoms with van der Waals surface area (Å²) in [6.45, 7) is 3.78. The second kappa shape index (κ2) is 4.91. The standard InChI is InChI=1S/C16H17ClO/c1-11-6-7-12-4-2-3-5-14(12)15(11)16(17)13-8-9-18-10-13/h2-7,13,16H,8-10H2,1H3. The number of aryl methyl sites for hydroxylation is 1. The maximum Gasteiger partial charge on any atom is 0.0644 e. The lowest BCUT2D eigenvalue weighted by Gasteiger charge is -2.20. The van der Waals surface area contributed by atoms with Gasteiger partial charge in [-0.2, -0.15) is 0 Å². The second-order valence-electron chi connectivity index (χ2n) is 5.04. The fraction of sp³-hybridized carbons (Fsp3) is 0.375. The molecule has 0 N–H and O–H groups in total. The van der Waals surface area contributed by atoms with Crippen LogP contribution in [-0.2, 0) is 4.74 Å². The predicted molar refractivity (Wildman–Crippen MR) is 76.2 cm³/mol. The van der Waals surface area contributed by atoms with E-state index in [-0.39, 0.29) is 5.38 Å². The molecule has 0 saturated carbocycles. The van der Waals surface area contributed by atoms with Crippen LogP contribution in [0.4, 0.5) is 0 Å². The van der Waals surface area contributed by atoms with Crippen LogP contribution in [-0.4, -0.2) is 13.2 Å². The van der Waals surface area contributed by atoms with E-state index in [1.165, 1.54) is 21.9 Å². The summed E-state index contributed by atoms with van der Waals surface area (Å²) in [5.74, 6) is 0.441. The summed E-state index contributed by atoms with van der Waals surface area (Å²) in [6, 6.07) is 12.8. The Kier molecular flexibility index (Phi) is 3.27. The molecule has 1 fully saturated rings. The van der Waals surface area contributed by atoms with Crippen LogP contribution < -0.4 is 0 Å². The number of halogens is 1. The summed E-state index contributed by atoms with van der Waals surface area (Å²) in [4.78, 5) is 0. The zero-order chi connectivity index (χ0) is 12.5. The van der Waals surface area contributed by atoms with Crippen molar-refractivity contribution >= 4 is 22.4 Å². The van der Waals surface area contributed by atoms with Crippen LogP contribution in [0.3, 0.4) is 0 Å². The number of alkyl halides is 1. The molecular formula is C16H17ClO. The van der Waals surface area contributed by atoms with Gasteiger partial charge in [-0.15, -0.1) is 11.6 Å². The Morgan fingerprint density at radius 3 is 2.83 bits per heavy atom. The van der Waals surface area contributed by atoms with E-state index in [9.17, 15) is 0 Å². The van der Waals surface area contributed by atoms with Gasteiger partial charge in [0.1, 0.15) is 0 Å². The number of rotatable bonds is 2. The van der Waals surface area contributed by atoms with Gasteiger partial charge in [0.25, 0.3) is 0 Å². The molecule has 1 heterocycles. The Morgan fingerprint density at radius 2 is 2.06 bits per heavy atom. The molecule has 3 rings (SSSR count). The molecule has 2 atom stereocenters. The van der Waals surface area contributed by atoms with E-state index < -0.39 is 0 Å². The van der Waals surface area contributed by atoms with Crippen molar-refractivity contribution in [2.75, 3.05) is 13.2 Å². The van der Waals surface area contributed by atoms with Gasteiger partial charge in [0.15, 0.2) is 0 Å². The minimum atomic E-state index is 0.0543. The molecular weight excluding hydrogens is 244 g/mol. The summed E-state index contributed by atoms with van der Waals surface area (Å²) in [6.07, 6.45) is 1.07. The first kappa shape index (κ1) is 12.0. The van der Waals surface area contributed by atoms with Gasteiger partial charge in [-0.1, -0.05) is 36.4 Å². The van der Waals surface area contributed by atoms with Crippen molar-refractivity contribution in [3.63, 3.8) is 0 Å². The van der Waals surface area contributed by atoms with E-state index in [1.807, 2.05) is 0 Å². The average molecular weight is 261 g/mol. The number of benzene rings is 2. The molecule has 0 spiro atoms. The maximum atomic E-state index is 6.72. The lowest BCUT2D eigenvalue weighted by molar-refractivity contribution is 0.185. The van der Waals surface area contributed by atoms with Crippen LogP contribution in [0.2, 0.25) is 0 Å². The van der Waals surface area contributed by atoms with Gasteiger partial charge in [0.05, 0.1) is 12.0 Å². The van der Waals surface area contributed by atoms with Crippen LogP contribution >= 0.6 is 11.6 Å². The van der Waals surface area contributed by atoms with Gasteiger partial charge in [0, 0.05) is 12.5 Å². The van der Waals surface area contributed by atoms with Gasteiger partial charge in [0.2, 0.25) is 0 Å². The topological polar surface area (TPSA) is 9.23 Å². The van der Waals surface area contributed by atoms with Crippen LogP contribution in [0, 0.1) is 12.8 Å². The number of fused-ring (bicyclic) bond motifs is 1. The Bertz CT molecular complexity index is 558. The molecule has 2 heteroatoms. The third kappa shape index (κ3) is 2.02. The number of hydrogen-bond acceptors (Lipinski definition) is 1. The van der Waals surface area contributed by atoms with Crippen molar-refractivity contribution in [1.29, 1.82) is 0 Å². The summed E-state index contributed by atoms with van der Waals surface area (Å²) >= 11 is 6.72. The SMILES string of the molecule is Cc1ccc2ccccc2c1C(Cl)C1CCOC1. The summed E-state index contributed by atoms with van der Waals surface area (Å²) in [5.41, 5.74) is 2.56. The molecule has 2 aromatic carbocycles. The Morgan fingerprint density at radius 1 is 1.22 bits per heavy atom. The summed E-state index contributed by atoms with van der Waals surface area (Å²) in [5, 5.41) is 2.60. The zero-order valence-electron chi connectivity index (χ0n) is 10.5. The first-order chi connectivity index (χ1) is 8.77. The lowest BCUT2D eigenvalue weighted by atomic mass is 9.90. The third-order valence-corrected chi connectivity index (χ3v) is 4.42. The quantitative estimate of drug-likeness (QED) is 0.724. The van der Waals surface area contributed by atoms with Gasteiger partial charge >= 0.3 is 0 Å². The molecule has 1 nitrogen and oxygen atoms in total. The van der Waals surface area contributed by atoms with E-state index in [0.29, 0.717) is 5.92 Å². The molecule has 1 aliphatic rings. The fourth-order valence-electron chi connectivity index (χ4n) is 2.79. The van der Waals surface area contributed by atoms with Crippen molar-refractivity contribution in [1.82, 2.24) is 0 Å². The highest BCUT2D eigenvalue weighted by molar-refractivity contribution is 6.22. The molecule has 2 aromatic rings. The van der Waals surface area contributed by atoms with Crippen molar-refractivity contribution in [2.45, 2.75) is 18.7 Å². The largest absolute Gasteiger partial charge is 0.381 e. The van der Waals surface area contributed by atoms with E-state index in [0.717, 1.165) is 19.6 Å². The maximum absolute atomic E-state index is 6.72. The highest BCUT2D eigenvalue weighted by Crippen LogP contribution is 2.39. The highest BCUT2D eigenvalue weighted by atomic mass is 35.5.